The van der Waals surface area contributed by atoms with Crippen molar-refractivity contribution in [2.24, 2.45) is 0 Å². The van der Waals surface area contributed by atoms with Crippen LogP contribution in [0.1, 0.15) is 22.7 Å². The summed E-state index contributed by atoms with van der Waals surface area (Å²) in [5.41, 5.74) is 0.474. The Labute approximate surface area is 127 Å². The molecule has 0 aliphatic carbocycles. The zero-order valence-corrected chi connectivity index (χ0v) is 12.5. The molecule has 1 saturated heterocycles. The molecule has 7 nitrogen and oxygen atoms in total. The van der Waals surface area contributed by atoms with Crippen LogP contribution in [0.15, 0.2) is 28.7 Å². The minimum absolute atomic E-state index is 0.0140. The Kier molecular flexibility index (Phi) is 3.95. The predicted molar refractivity (Wildman–Crippen MR) is 78.1 cm³/mol. The van der Waals surface area contributed by atoms with Gasteiger partial charge in [0.25, 0.3) is 0 Å². The molecule has 2 heterocycles. The van der Waals surface area contributed by atoms with Gasteiger partial charge in [-0.3, -0.25) is 0 Å². The zero-order valence-electron chi connectivity index (χ0n) is 12.5. The number of benzene rings is 1. The molecule has 1 aliphatic rings. The molecule has 3 rings (SSSR count). The number of esters is 1. The van der Waals surface area contributed by atoms with Gasteiger partial charge in [0.15, 0.2) is 0 Å². The number of rotatable bonds is 4. The SMILES string of the molecule is COC(=O)c1cccc(OC2CCN(c3nnc(C)o3)C2)c1. The highest BCUT2D eigenvalue weighted by Gasteiger charge is 2.27. The second kappa shape index (κ2) is 6.05. The molecule has 0 bridgehead atoms. The molecule has 0 N–H and O–H groups in total. The van der Waals surface area contributed by atoms with Crippen molar-refractivity contribution in [2.75, 3.05) is 25.1 Å². The van der Waals surface area contributed by atoms with Gasteiger partial charge in [0.05, 0.1) is 19.2 Å². The summed E-state index contributed by atoms with van der Waals surface area (Å²) in [5.74, 6) is 0.821. The first kappa shape index (κ1) is 14.4. The Morgan fingerprint density at radius 2 is 2.27 bits per heavy atom. The van der Waals surface area contributed by atoms with E-state index in [4.69, 9.17) is 13.9 Å². The van der Waals surface area contributed by atoms with Crippen LogP contribution in [0.3, 0.4) is 0 Å². The van der Waals surface area contributed by atoms with Crippen molar-refractivity contribution < 1.29 is 18.7 Å². The summed E-state index contributed by atoms with van der Waals surface area (Å²) < 4.78 is 16.1. The number of aromatic nitrogens is 2. The number of ether oxygens (including phenoxy) is 2. The van der Waals surface area contributed by atoms with Gasteiger partial charge in [-0.15, -0.1) is 5.10 Å². The Balaban J connectivity index is 1.64. The number of hydrogen-bond acceptors (Lipinski definition) is 7. The lowest BCUT2D eigenvalue weighted by molar-refractivity contribution is 0.0600. The van der Waals surface area contributed by atoms with E-state index in [2.05, 4.69) is 10.2 Å². The maximum Gasteiger partial charge on any atom is 0.337 e. The van der Waals surface area contributed by atoms with Gasteiger partial charge in [-0.1, -0.05) is 11.2 Å². The van der Waals surface area contributed by atoms with Crippen LogP contribution in [-0.4, -0.2) is 42.5 Å². The molecular weight excluding hydrogens is 286 g/mol. The molecule has 1 atom stereocenters. The minimum Gasteiger partial charge on any atom is -0.488 e. The van der Waals surface area contributed by atoms with E-state index < -0.39 is 0 Å². The van der Waals surface area contributed by atoms with Crippen LogP contribution < -0.4 is 9.64 Å². The molecule has 22 heavy (non-hydrogen) atoms. The molecule has 116 valence electrons. The van der Waals surface area contributed by atoms with Gasteiger partial charge >= 0.3 is 12.0 Å². The van der Waals surface area contributed by atoms with Crippen molar-refractivity contribution in [2.45, 2.75) is 19.4 Å². The predicted octanol–water partition coefficient (Wildman–Crippen LogP) is 1.82. The average molecular weight is 303 g/mol. The number of anilines is 1. The number of methoxy groups -OCH3 is 1. The quantitative estimate of drug-likeness (QED) is 0.797. The minimum atomic E-state index is -0.375. The maximum absolute atomic E-state index is 11.5. The second-order valence-corrected chi connectivity index (χ2v) is 5.10. The molecule has 7 heteroatoms. The lowest BCUT2D eigenvalue weighted by Crippen LogP contribution is -2.24. The summed E-state index contributed by atoms with van der Waals surface area (Å²) in [5, 5.41) is 7.84. The molecule has 1 fully saturated rings. The van der Waals surface area contributed by atoms with Crippen LogP contribution in [0.5, 0.6) is 5.75 Å². The molecule has 2 aromatic rings. The number of hydrogen-bond donors (Lipinski definition) is 0. The summed E-state index contributed by atoms with van der Waals surface area (Å²) in [4.78, 5) is 13.5. The van der Waals surface area contributed by atoms with Gasteiger partial charge in [-0.2, -0.15) is 0 Å². The molecule has 1 aromatic carbocycles. The van der Waals surface area contributed by atoms with Crippen molar-refractivity contribution >= 4 is 12.0 Å². The van der Waals surface area contributed by atoms with Gasteiger partial charge in [-0.25, -0.2) is 4.79 Å². The van der Waals surface area contributed by atoms with Crippen molar-refractivity contribution in [3.63, 3.8) is 0 Å². The first-order valence-corrected chi connectivity index (χ1v) is 7.06. The summed E-state index contributed by atoms with van der Waals surface area (Å²) >= 11 is 0. The fraction of sp³-hybridized carbons (Fsp3) is 0.400. The van der Waals surface area contributed by atoms with Gasteiger partial charge in [0, 0.05) is 19.9 Å². The summed E-state index contributed by atoms with van der Waals surface area (Å²) in [6, 6.07) is 7.50. The second-order valence-electron chi connectivity index (χ2n) is 5.10. The molecule has 0 spiro atoms. The third-order valence-corrected chi connectivity index (χ3v) is 3.49. The van der Waals surface area contributed by atoms with E-state index in [0.717, 1.165) is 13.0 Å². The molecule has 0 saturated carbocycles. The molecule has 0 radical (unpaired) electrons. The fourth-order valence-electron chi connectivity index (χ4n) is 2.42. The summed E-state index contributed by atoms with van der Waals surface area (Å²) in [7, 11) is 1.36. The van der Waals surface area contributed by atoms with Crippen molar-refractivity contribution in [3.8, 4) is 5.75 Å². The van der Waals surface area contributed by atoms with E-state index in [1.54, 1.807) is 25.1 Å². The van der Waals surface area contributed by atoms with Crippen LogP contribution in [-0.2, 0) is 4.74 Å². The Bertz CT molecular complexity index is 670. The van der Waals surface area contributed by atoms with Gasteiger partial charge in [-0.05, 0) is 18.2 Å². The van der Waals surface area contributed by atoms with Crippen molar-refractivity contribution in [1.82, 2.24) is 10.2 Å². The largest absolute Gasteiger partial charge is 0.488 e. The molecule has 1 unspecified atom stereocenters. The number of carbonyl (C=O) groups excluding carboxylic acids is 1. The lowest BCUT2D eigenvalue weighted by Gasteiger charge is -2.15. The van der Waals surface area contributed by atoms with E-state index >= 15 is 0 Å². The zero-order chi connectivity index (χ0) is 15.5. The van der Waals surface area contributed by atoms with Crippen LogP contribution >= 0.6 is 0 Å². The Hall–Kier alpha value is -2.57. The van der Waals surface area contributed by atoms with Gasteiger partial charge in [0.1, 0.15) is 11.9 Å². The fourth-order valence-corrected chi connectivity index (χ4v) is 2.42. The van der Waals surface area contributed by atoms with E-state index in [1.165, 1.54) is 7.11 Å². The van der Waals surface area contributed by atoms with E-state index in [-0.39, 0.29) is 12.1 Å². The number of aryl methyl sites for hydroxylation is 1. The number of nitrogens with zero attached hydrogens (tertiary/aromatic N) is 3. The molecule has 1 aliphatic heterocycles. The average Bonchev–Trinajstić information content (AvgIpc) is 3.15. The lowest BCUT2D eigenvalue weighted by atomic mass is 10.2. The highest BCUT2D eigenvalue weighted by molar-refractivity contribution is 5.89. The molecule has 1 aromatic heterocycles. The van der Waals surface area contributed by atoms with Crippen molar-refractivity contribution in [1.29, 1.82) is 0 Å². The smallest absolute Gasteiger partial charge is 0.337 e. The normalized spacial score (nSPS) is 17.5. The third-order valence-electron chi connectivity index (χ3n) is 3.49. The van der Waals surface area contributed by atoms with Crippen molar-refractivity contribution in [3.05, 3.63) is 35.7 Å². The van der Waals surface area contributed by atoms with E-state index in [1.807, 2.05) is 11.0 Å². The van der Waals surface area contributed by atoms with Crippen LogP contribution in [0.25, 0.3) is 0 Å². The van der Waals surface area contributed by atoms with Crippen LogP contribution in [0.4, 0.5) is 6.01 Å². The standard InChI is InChI=1S/C15H17N3O4/c1-10-16-17-15(21-10)18-7-6-13(9-18)22-12-5-3-4-11(8-12)14(19)20-2/h3-5,8,13H,6-7,9H2,1-2H3. The van der Waals surface area contributed by atoms with Gasteiger partial charge in [0.2, 0.25) is 5.89 Å². The monoisotopic (exact) mass is 303 g/mol. The van der Waals surface area contributed by atoms with Crippen LogP contribution in [0.2, 0.25) is 0 Å². The summed E-state index contributed by atoms with van der Waals surface area (Å²) in [6.07, 6.45) is 0.865. The van der Waals surface area contributed by atoms with Gasteiger partial charge < -0.3 is 18.8 Å². The summed E-state index contributed by atoms with van der Waals surface area (Å²) in [6.45, 7) is 3.23. The third kappa shape index (κ3) is 3.03. The Morgan fingerprint density at radius 1 is 1.41 bits per heavy atom. The van der Waals surface area contributed by atoms with E-state index in [0.29, 0.717) is 29.8 Å². The maximum atomic E-state index is 11.5. The first-order chi connectivity index (χ1) is 10.7. The van der Waals surface area contributed by atoms with E-state index in [9.17, 15) is 4.79 Å². The first-order valence-electron chi connectivity index (χ1n) is 7.06. The van der Waals surface area contributed by atoms with Crippen LogP contribution in [0, 0.1) is 6.92 Å². The highest BCUT2D eigenvalue weighted by Crippen LogP contribution is 2.23. The molecule has 0 amide bonds. The molecular formula is C15H17N3O4. The topological polar surface area (TPSA) is 77.7 Å². The highest BCUT2D eigenvalue weighted by atomic mass is 16.5. The Morgan fingerprint density at radius 3 is 3.00 bits per heavy atom. The number of carbonyl (C=O) groups is 1.